The van der Waals surface area contributed by atoms with Gasteiger partial charge in [-0.25, -0.2) is 9.97 Å². The molecule has 0 aliphatic carbocycles. The summed E-state index contributed by atoms with van der Waals surface area (Å²) in [5.74, 6) is 1.75. The van der Waals surface area contributed by atoms with Gasteiger partial charge in [0.25, 0.3) is 0 Å². The normalized spacial score (nSPS) is 10.6. The van der Waals surface area contributed by atoms with Crippen LogP contribution in [0.2, 0.25) is 0 Å². The fourth-order valence-corrected chi connectivity index (χ4v) is 2.26. The second kappa shape index (κ2) is 7.51. The number of nitrogens with one attached hydrogen (secondary N) is 2. The molecular formula is C16H18N6O2. The van der Waals surface area contributed by atoms with Crippen molar-refractivity contribution in [3.63, 3.8) is 0 Å². The quantitative estimate of drug-likeness (QED) is 0.599. The van der Waals surface area contributed by atoms with Crippen LogP contribution in [0.4, 0.5) is 11.8 Å². The molecule has 24 heavy (non-hydrogen) atoms. The summed E-state index contributed by atoms with van der Waals surface area (Å²) in [7, 11) is 1.64. The number of aliphatic hydroxyl groups excluding tert-OH is 1. The molecule has 0 spiro atoms. The molecule has 0 saturated heterocycles. The Morgan fingerprint density at radius 2 is 1.92 bits per heavy atom. The fourth-order valence-electron chi connectivity index (χ4n) is 2.26. The SMILES string of the molecule is COc1ccccc1CNc1nc(NCCO)c2nccnc2n1. The van der Waals surface area contributed by atoms with Crippen LogP contribution in [0, 0.1) is 0 Å². The molecule has 124 valence electrons. The molecule has 0 aliphatic rings. The maximum absolute atomic E-state index is 9.01. The zero-order valence-corrected chi connectivity index (χ0v) is 13.2. The van der Waals surface area contributed by atoms with Crippen LogP contribution >= 0.6 is 0 Å². The van der Waals surface area contributed by atoms with Crippen LogP contribution in [0.15, 0.2) is 36.7 Å². The Balaban J connectivity index is 1.86. The first-order valence-corrected chi connectivity index (χ1v) is 7.51. The van der Waals surface area contributed by atoms with Crippen LogP contribution < -0.4 is 15.4 Å². The Morgan fingerprint density at radius 3 is 2.75 bits per heavy atom. The molecule has 2 aromatic heterocycles. The number of anilines is 2. The third kappa shape index (κ3) is 3.49. The number of rotatable bonds is 7. The average Bonchev–Trinajstić information content (AvgIpc) is 2.64. The third-order valence-electron chi connectivity index (χ3n) is 3.37. The summed E-state index contributed by atoms with van der Waals surface area (Å²) in [6.45, 7) is 0.875. The van der Waals surface area contributed by atoms with Crippen molar-refractivity contribution in [1.29, 1.82) is 0 Å². The number of hydrogen-bond acceptors (Lipinski definition) is 8. The van der Waals surface area contributed by atoms with Gasteiger partial charge in [-0.3, -0.25) is 0 Å². The minimum atomic E-state index is -0.00423. The minimum absolute atomic E-state index is 0.00423. The van der Waals surface area contributed by atoms with Gasteiger partial charge in [0.2, 0.25) is 5.95 Å². The number of aliphatic hydroxyl groups is 1. The van der Waals surface area contributed by atoms with E-state index >= 15 is 0 Å². The molecule has 0 unspecified atom stereocenters. The molecule has 3 rings (SSSR count). The zero-order chi connectivity index (χ0) is 16.8. The van der Waals surface area contributed by atoms with Crippen LogP contribution in [0.5, 0.6) is 5.75 Å². The Labute approximate surface area is 139 Å². The number of aromatic nitrogens is 4. The highest BCUT2D eigenvalue weighted by molar-refractivity contribution is 5.83. The van der Waals surface area contributed by atoms with E-state index in [1.807, 2.05) is 24.3 Å². The highest BCUT2D eigenvalue weighted by Gasteiger charge is 2.10. The van der Waals surface area contributed by atoms with Crippen molar-refractivity contribution in [2.75, 3.05) is 30.9 Å². The topological polar surface area (TPSA) is 105 Å². The summed E-state index contributed by atoms with van der Waals surface area (Å²) < 4.78 is 5.34. The van der Waals surface area contributed by atoms with E-state index in [0.29, 0.717) is 36.0 Å². The van der Waals surface area contributed by atoms with Gasteiger partial charge in [-0.1, -0.05) is 18.2 Å². The highest BCUT2D eigenvalue weighted by atomic mass is 16.5. The molecule has 0 radical (unpaired) electrons. The van der Waals surface area contributed by atoms with Crippen molar-refractivity contribution in [3.8, 4) is 5.75 Å². The lowest BCUT2D eigenvalue weighted by atomic mass is 10.2. The van der Waals surface area contributed by atoms with E-state index in [9.17, 15) is 0 Å². The lowest BCUT2D eigenvalue weighted by molar-refractivity contribution is 0.311. The summed E-state index contributed by atoms with van der Waals surface area (Å²) in [6.07, 6.45) is 3.16. The summed E-state index contributed by atoms with van der Waals surface area (Å²) >= 11 is 0. The number of hydrogen-bond donors (Lipinski definition) is 3. The van der Waals surface area contributed by atoms with Crippen molar-refractivity contribution in [3.05, 3.63) is 42.2 Å². The van der Waals surface area contributed by atoms with Crippen LogP contribution in [0.25, 0.3) is 11.2 Å². The molecule has 3 aromatic rings. The number of nitrogens with zero attached hydrogens (tertiary/aromatic N) is 4. The molecule has 1 aromatic carbocycles. The molecule has 0 saturated carbocycles. The molecule has 3 N–H and O–H groups in total. The molecule has 0 bridgehead atoms. The van der Waals surface area contributed by atoms with Gasteiger partial charge < -0.3 is 20.5 Å². The Hall–Kier alpha value is -3.00. The number of para-hydroxylation sites is 1. The second-order valence-corrected chi connectivity index (χ2v) is 4.94. The van der Waals surface area contributed by atoms with Gasteiger partial charge in [-0.2, -0.15) is 9.97 Å². The van der Waals surface area contributed by atoms with Crippen molar-refractivity contribution >= 4 is 22.9 Å². The first kappa shape index (κ1) is 15.9. The number of ether oxygens (including phenoxy) is 1. The van der Waals surface area contributed by atoms with Gasteiger partial charge in [0.1, 0.15) is 5.75 Å². The first-order chi connectivity index (χ1) is 11.8. The standard InChI is InChI=1S/C16H18N6O2/c1-24-12-5-3-2-4-11(12)10-20-16-21-14-13(17-6-7-18-14)15(22-16)19-8-9-23/h2-7,23H,8-10H2,1H3,(H2,18,19,20,21,22). The monoisotopic (exact) mass is 326 g/mol. The first-order valence-electron chi connectivity index (χ1n) is 7.51. The third-order valence-corrected chi connectivity index (χ3v) is 3.37. The summed E-state index contributed by atoms with van der Waals surface area (Å²) in [6, 6.07) is 7.73. The Morgan fingerprint density at radius 1 is 1.08 bits per heavy atom. The molecule has 8 nitrogen and oxygen atoms in total. The maximum Gasteiger partial charge on any atom is 0.227 e. The van der Waals surface area contributed by atoms with E-state index < -0.39 is 0 Å². The molecule has 8 heteroatoms. The van der Waals surface area contributed by atoms with Gasteiger partial charge in [0.05, 0.1) is 13.7 Å². The van der Waals surface area contributed by atoms with Crippen LogP contribution in [-0.2, 0) is 6.54 Å². The molecule has 0 atom stereocenters. The predicted octanol–water partition coefficient (Wildman–Crippen LogP) is 1.44. The minimum Gasteiger partial charge on any atom is -0.496 e. The Bertz CT molecular complexity index is 827. The number of benzene rings is 1. The van der Waals surface area contributed by atoms with Crippen LogP contribution in [0.3, 0.4) is 0 Å². The van der Waals surface area contributed by atoms with Crippen LogP contribution in [-0.4, -0.2) is 45.3 Å². The smallest absolute Gasteiger partial charge is 0.227 e. The largest absolute Gasteiger partial charge is 0.496 e. The second-order valence-electron chi connectivity index (χ2n) is 4.94. The zero-order valence-electron chi connectivity index (χ0n) is 13.2. The van der Waals surface area contributed by atoms with E-state index in [1.54, 1.807) is 19.5 Å². The molecule has 0 fully saturated rings. The predicted molar refractivity (Wildman–Crippen MR) is 91.0 cm³/mol. The van der Waals surface area contributed by atoms with Gasteiger partial charge in [-0.15, -0.1) is 0 Å². The van der Waals surface area contributed by atoms with Gasteiger partial charge in [0, 0.05) is 31.0 Å². The van der Waals surface area contributed by atoms with E-state index in [2.05, 4.69) is 30.6 Å². The van der Waals surface area contributed by atoms with E-state index in [0.717, 1.165) is 11.3 Å². The van der Waals surface area contributed by atoms with Gasteiger partial charge in [-0.05, 0) is 6.07 Å². The summed E-state index contributed by atoms with van der Waals surface area (Å²) in [5.41, 5.74) is 2.04. The van der Waals surface area contributed by atoms with E-state index in [-0.39, 0.29) is 6.61 Å². The summed E-state index contributed by atoms with van der Waals surface area (Å²) in [4.78, 5) is 17.3. The molecule has 0 amide bonds. The molecule has 2 heterocycles. The van der Waals surface area contributed by atoms with E-state index in [1.165, 1.54) is 0 Å². The lowest BCUT2D eigenvalue weighted by Gasteiger charge is -2.11. The number of methoxy groups -OCH3 is 1. The summed E-state index contributed by atoms with van der Waals surface area (Å²) in [5, 5.41) is 15.2. The van der Waals surface area contributed by atoms with Crippen molar-refractivity contribution in [2.24, 2.45) is 0 Å². The maximum atomic E-state index is 9.01. The van der Waals surface area contributed by atoms with Crippen molar-refractivity contribution in [1.82, 2.24) is 19.9 Å². The van der Waals surface area contributed by atoms with Crippen molar-refractivity contribution < 1.29 is 9.84 Å². The molecular weight excluding hydrogens is 308 g/mol. The van der Waals surface area contributed by atoms with Gasteiger partial charge in [0.15, 0.2) is 17.0 Å². The van der Waals surface area contributed by atoms with Gasteiger partial charge >= 0.3 is 0 Å². The number of fused-ring (bicyclic) bond motifs is 1. The van der Waals surface area contributed by atoms with Crippen molar-refractivity contribution in [2.45, 2.75) is 6.54 Å². The molecule has 0 aliphatic heterocycles. The van der Waals surface area contributed by atoms with E-state index in [4.69, 9.17) is 9.84 Å². The fraction of sp³-hybridized carbons (Fsp3) is 0.250. The Kier molecular flexibility index (Phi) is 4.97. The average molecular weight is 326 g/mol. The highest BCUT2D eigenvalue weighted by Crippen LogP contribution is 2.20. The van der Waals surface area contributed by atoms with Crippen LogP contribution in [0.1, 0.15) is 5.56 Å². The lowest BCUT2D eigenvalue weighted by Crippen LogP contribution is -2.11.